The minimum Gasteiger partial charge on any atom is -0.369 e. The molecule has 5 heteroatoms. The molecule has 0 aromatic carbocycles. The number of hydrogen-bond donors (Lipinski definition) is 2. The Morgan fingerprint density at radius 2 is 1.82 bits per heavy atom. The lowest BCUT2D eigenvalue weighted by Crippen LogP contribution is -2.48. The zero-order valence-electron chi connectivity index (χ0n) is 10.7. The quantitative estimate of drug-likeness (QED) is 0.716. The van der Waals surface area contributed by atoms with E-state index in [1.54, 1.807) is 6.92 Å². The normalized spacial score (nSPS) is 19.8. The van der Waals surface area contributed by atoms with Crippen LogP contribution in [0.15, 0.2) is 0 Å². The van der Waals surface area contributed by atoms with Crippen LogP contribution in [0.2, 0.25) is 0 Å². The third-order valence-corrected chi connectivity index (χ3v) is 3.25. The first-order valence-corrected chi connectivity index (χ1v) is 6.34. The molecule has 1 aliphatic heterocycles. The first-order chi connectivity index (χ1) is 8.02. The van der Waals surface area contributed by atoms with Crippen molar-refractivity contribution in [1.82, 2.24) is 10.2 Å². The summed E-state index contributed by atoms with van der Waals surface area (Å²) in [6.07, 6.45) is 3.40. The molecule has 2 amide bonds. The van der Waals surface area contributed by atoms with Crippen molar-refractivity contribution < 1.29 is 9.59 Å². The van der Waals surface area contributed by atoms with E-state index in [4.69, 9.17) is 5.73 Å². The van der Waals surface area contributed by atoms with Crippen LogP contribution in [0.5, 0.6) is 0 Å². The summed E-state index contributed by atoms with van der Waals surface area (Å²) in [6, 6.07) is -0.241. The van der Waals surface area contributed by atoms with Crippen molar-refractivity contribution in [3.63, 3.8) is 0 Å². The van der Waals surface area contributed by atoms with E-state index in [1.165, 1.54) is 6.42 Å². The van der Waals surface area contributed by atoms with Crippen LogP contribution in [0.1, 0.15) is 33.1 Å². The van der Waals surface area contributed by atoms with E-state index in [1.807, 2.05) is 11.8 Å². The number of hydrogen-bond acceptors (Lipinski definition) is 3. The Bertz CT molecular complexity index is 275. The minimum atomic E-state index is -0.338. The number of nitrogens with one attached hydrogen (secondary N) is 1. The number of carbonyl (C=O) groups is 2. The van der Waals surface area contributed by atoms with Crippen molar-refractivity contribution in [2.75, 3.05) is 19.6 Å². The van der Waals surface area contributed by atoms with Gasteiger partial charge in [-0.15, -0.1) is 0 Å². The first kappa shape index (κ1) is 14.0. The average molecular weight is 241 g/mol. The SMILES string of the molecule is CC(CNC(C)C(=O)N1CCCCC1)C(N)=O. The van der Waals surface area contributed by atoms with E-state index in [-0.39, 0.29) is 23.8 Å². The van der Waals surface area contributed by atoms with E-state index in [9.17, 15) is 9.59 Å². The van der Waals surface area contributed by atoms with Gasteiger partial charge in [-0.1, -0.05) is 6.92 Å². The Kier molecular flexibility index (Phi) is 5.41. The average Bonchev–Trinajstić information content (AvgIpc) is 2.35. The Hall–Kier alpha value is -1.10. The standard InChI is InChI=1S/C12H23N3O2/c1-9(11(13)16)8-14-10(2)12(17)15-6-4-3-5-7-15/h9-10,14H,3-8H2,1-2H3,(H2,13,16). The van der Waals surface area contributed by atoms with Crippen molar-refractivity contribution in [3.05, 3.63) is 0 Å². The number of likely N-dealkylation sites (tertiary alicyclic amines) is 1. The maximum Gasteiger partial charge on any atom is 0.239 e. The third-order valence-electron chi connectivity index (χ3n) is 3.25. The van der Waals surface area contributed by atoms with Gasteiger partial charge in [-0.05, 0) is 26.2 Å². The van der Waals surface area contributed by atoms with E-state index < -0.39 is 0 Å². The Balaban J connectivity index is 2.33. The number of primary amides is 1. The summed E-state index contributed by atoms with van der Waals surface area (Å²) >= 11 is 0. The molecule has 2 unspecified atom stereocenters. The lowest BCUT2D eigenvalue weighted by molar-refractivity contribution is -0.134. The highest BCUT2D eigenvalue weighted by Gasteiger charge is 2.22. The predicted octanol–water partition coefficient (Wildman–Crippen LogP) is 0.0984. The lowest BCUT2D eigenvalue weighted by Gasteiger charge is -2.29. The fourth-order valence-electron chi connectivity index (χ4n) is 1.93. The lowest BCUT2D eigenvalue weighted by atomic mass is 10.1. The molecule has 0 aromatic heterocycles. The monoisotopic (exact) mass is 241 g/mol. The number of nitrogens with two attached hydrogens (primary N) is 1. The van der Waals surface area contributed by atoms with Gasteiger partial charge in [0.1, 0.15) is 0 Å². The highest BCUT2D eigenvalue weighted by molar-refractivity contribution is 5.81. The Labute approximate surface area is 103 Å². The summed E-state index contributed by atoms with van der Waals surface area (Å²) in [5, 5.41) is 3.07. The Morgan fingerprint density at radius 3 is 2.35 bits per heavy atom. The molecule has 2 atom stereocenters. The number of amides is 2. The maximum atomic E-state index is 12.0. The molecule has 0 spiro atoms. The molecule has 0 aromatic rings. The van der Waals surface area contributed by atoms with Crippen LogP contribution >= 0.6 is 0 Å². The molecule has 1 fully saturated rings. The van der Waals surface area contributed by atoms with Gasteiger partial charge in [-0.2, -0.15) is 0 Å². The molecular formula is C12H23N3O2. The summed E-state index contributed by atoms with van der Waals surface area (Å²) in [6.45, 7) is 5.76. The summed E-state index contributed by atoms with van der Waals surface area (Å²) in [7, 11) is 0. The van der Waals surface area contributed by atoms with Crippen LogP contribution in [-0.4, -0.2) is 42.4 Å². The Morgan fingerprint density at radius 1 is 1.24 bits per heavy atom. The second-order valence-electron chi connectivity index (χ2n) is 4.82. The fourth-order valence-corrected chi connectivity index (χ4v) is 1.93. The second-order valence-corrected chi connectivity index (χ2v) is 4.82. The molecule has 5 nitrogen and oxygen atoms in total. The molecule has 0 saturated carbocycles. The molecule has 98 valence electrons. The van der Waals surface area contributed by atoms with Crippen LogP contribution in [0.4, 0.5) is 0 Å². The van der Waals surface area contributed by atoms with Gasteiger partial charge in [-0.3, -0.25) is 9.59 Å². The van der Waals surface area contributed by atoms with Gasteiger partial charge in [-0.25, -0.2) is 0 Å². The molecule has 0 aliphatic carbocycles. The van der Waals surface area contributed by atoms with Crippen LogP contribution in [0.3, 0.4) is 0 Å². The first-order valence-electron chi connectivity index (χ1n) is 6.34. The van der Waals surface area contributed by atoms with Crippen LogP contribution in [0, 0.1) is 5.92 Å². The zero-order valence-corrected chi connectivity index (χ0v) is 10.7. The summed E-state index contributed by atoms with van der Waals surface area (Å²) in [5.41, 5.74) is 5.17. The predicted molar refractivity (Wildman–Crippen MR) is 66.3 cm³/mol. The molecule has 3 N–H and O–H groups in total. The topological polar surface area (TPSA) is 75.4 Å². The molecule has 1 aliphatic rings. The van der Waals surface area contributed by atoms with E-state index in [2.05, 4.69) is 5.32 Å². The maximum absolute atomic E-state index is 12.0. The smallest absolute Gasteiger partial charge is 0.239 e. The van der Waals surface area contributed by atoms with Crippen LogP contribution in [-0.2, 0) is 9.59 Å². The summed E-state index contributed by atoms with van der Waals surface area (Å²) < 4.78 is 0. The van der Waals surface area contributed by atoms with Gasteiger partial charge in [0.2, 0.25) is 11.8 Å². The highest BCUT2D eigenvalue weighted by atomic mass is 16.2. The number of piperidine rings is 1. The fraction of sp³-hybridized carbons (Fsp3) is 0.833. The van der Waals surface area contributed by atoms with Crippen molar-refractivity contribution >= 4 is 11.8 Å². The molecule has 1 saturated heterocycles. The van der Waals surface area contributed by atoms with Crippen LogP contribution in [0.25, 0.3) is 0 Å². The van der Waals surface area contributed by atoms with Gasteiger partial charge >= 0.3 is 0 Å². The molecule has 1 heterocycles. The number of carbonyl (C=O) groups excluding carboxylic acids is 2. The molecule has 17 heavy (non-hydrogen) atoms. The second kappa shape index (κ2) is 6.59. The largest absolute Gasteiger partial charge is 0.369 e. The number of nitrogens with zero attached hydrogens (tertiary/aromatic N) is 1. The molecular weight excluding hydrogens is 218 g/mol. The summed E-state index contributed by atoms with van der Waals surface area (Å²) in [5.74, 6) is -0.455. The highest BCUT2D eigenvalue weighted by Crippen LogP contribution is 2.10. The minimum absolute atomic E-state index is 0.126. The van der Waals surface area contributed by atoms with Gasteiger partial charge in [0, 0.05) is 25.6 Å². The molecule has 0 bridgehead atoms. The van der Waals surface area contributed by atoms with Crippen molar-refractivity contribution in [2.24, 2.45) is 11.7 Å². The molecule has 1 rings (SSSR count). The van der Waals surface area contributed by atoms with Gasteiger partial charge in [0.25, 0.3) is 0 Å². The molecule has 0 radical (unpaired) electrons. The van der Waals surface area contributed by atoms with E-state index >= 15 is 0 Å². The van der Waals surface area contributed by atoms with E-state index in [0.29, 0.717) is 6.54 Å². The van der Waals surface area contributed by atoms with E-state index in [0.717, 1.165) is 25.9 Å². The van der Waals surface area contributed by atoms with Gasteiger partial charge < -0.3 is 16.0 Å². The summed E-state index contributed by atoms with van der Waals surface area (Å²) in [4.78, 5) is 24.8. The third kappa shape index (κ3) is 4.34. The zero-order chi connectivity index (χ0) is 12.8. The van der Waals surface area contributed by atoms with Crippen molar-refractivity contribution in [2.45, 2.75) is 39.2 Å². The van der Waals surface area contributed by atoms with Gasteiger partial charge in [0.15, 0.2) is 0 Å². The number of rotatable bonds is 5. The van der Waals surface area contributed by atoms with Crippen molar-refractivity contribution in [3.8, 4) is 0 Å². The van der Waals surface area contributed by atoms with Gasteiger partial charge in [0.05, 0.1) is 6.04 Å². The van der Waals surface area contributed by atoms with Crippen LogP contribution < -0.4 is 11.1 Å². The van der Waals surface area contributed by atoms with Crippen molar-refractivity contribution in [1.29, 1.82) is 0 Å².